The highest BCUT2D eigenvalue weighted by molar-refractivity contribution is 7.99. The molecule has 3 aromatic heterocycles. The number of carbonyl (C=O) groups excluding carboxylic acids is 1. The van der Waals surface area contributed by atoms with Gasteiger partial charge >= 0.3 is 12.1 Å². The van der Waals surface area contributed by atoms with Gasteiger partial charge in [0.1, 0.15) is 5.15 Å². The van der Waals surface area contributed by atoms with Crippen LogP contribution in [0.5, 0.6) is 0 Å². The third-order valence-corrected chi connectivity index (χ3v) is 6.06. The van der Waals surface area contributed by atoms with Gasteiger partial charge in [0.05, 0.1) is 16.7 Å². The fraction of sp³-hybridized carbons (Fsp3) is 0.368. The first kappa shape index (κ1) is 25.3. The Hall–Kier alpha value is -2.81. The summed E-state index contributed by atoms with van der Waals surface area (Å²) in [6, 6.07) is 1.44. The van der Waals surface area contributed by atoms with E-state index in [1.54, 1.807) is 0 Å². The number of halogens is 8. The lowest BCUT2D eigenvalue weighted by Gasteiger charge is -2.18. The van der Waals surface area contributed by atoms with Crippen molar-refractivity contribution in [3.8, 4) is 16.9 Å². The minimum Gasteiger partial charge on any atom is -0.349 e. The second-order valence-electron chi connectivity index (χ2n) is 7.56. The number of aromatic nitrogens is 5. The van der Waals surface area contributed by atoms with Gasteiger partial charge in [-0.1, -0.05) is 11.6 Å². The Morgan fingerprint density at radius 3 is 2.49 bits per heavy atom. The maximum absolute atomic E-state index is 14.1. The minimum absolute atomic E-state index is 0.0459. The van der Waals surface area contributed by atoms with Gasteiger partial charge in [-0.05, 0) is 30.7 Å². The maximum Gasteiger partial charge on any atom is 0.459 e. The topological polar surface area (TPSA) is 77.6 Å². The third-order valence-electron chi connectivity index (χ3n) is 4.96. The van der Waals surface area contributed by atoms with Gasteiger partial charge in [0.25, 0.3) is 11.7 Å². The highest BCUT2D eigenvalue weighted by Crippen LogP contribution is 2.48. The second kappa shape index (κ2) is 9.00. The number of pyridine rings is 1. The Morgan fingerprint density at radius 2 is 1.89 bits per heavy atom. The second-order valence-corrected chi connectivity index (χ2v) is 8.92. The Kier molecular flexibility index (Phi) is 6.51. The van der Waals surface area contributed by atoms with Crippen molar-refractivity contribution in [3.63, 3.8) is 0 Å². The first-order valence-electron chi connectivity index (χ1n) is 9.78. The van der Waals surface area contributed by atoms with Crippen LogP contribution in [0.2, 0.25) is 5.15 Å². The summed E-state index contributed by atoms with van der Waals surface area (Å²) < 4.78 is 94.7. The van der Waals surface area contributed by atoms with Crippen LogP contribution >= 0.6 is 23.4 Å². The lowest BCUT2D eigenvalue weighted by Crippen LogP contribution is -2.34. The predicted molar refractivity (Wildman–Crippen MR) is 111 cm³/mol. The molecule has 3 heterocycles. The molecule has 0 bridgehead atoms. The molecule has 0 unspecified atom stereocenters. The molecule has 0 aromatic carbocycles. The molecule has 1 fully saturated rings. The van der Waals surface area contributed by atoms with Crippen LogP contribution in [0.4, 0.5) is 30.7 Å². The first-order chi connectivity index (χ1) is 16.3. The molecular weight excluding hydrogens is 529 g/mol. The quantitative estimate of drug-likeness (QED) is 0.253. The number of hydrogen-bond acceptors (Lipinski definition) is 5. The van der Waals surface area contributed by atoms with Gasteiger partial charge in [-0.25, -0.2) is 14.3 Å². The van der Waals surface area contributed by atoms with Crippen molar-refractivity contribution < 1.29 is 35.5 Å². The van der Waals surface area contributed by atoms with Crippen LogP contribution in [0, 0.1) is 0 Å². The highest BCUT2D eigenvalue weighted by atomic mass is 35.5. The molecule has 4 rings (SSSR count). The van der Waals surface area contributed by atoms with E-state index in [0.717, 1.165) is 24.6 Å². The number of rotatable bonds is 7. The van der Waals surface area contributed by atoms with Gasteiger partial charge < -0.3 is 5.32 Å². The Balaban J connectivity index is 1.75. The Labute approximate surface area is 201 Å². The molecule has 1 aliphatic rings. The molecule has 0 aliphatic heterocycles. The molecule has 0 atom stereocenters. The van der Waals surface area contributed by atoms with E-state index in [1.807, 2.05) is 0 Å². The van der Waals surface area contributed by atoms with Crippen molar-refractivity contribution in [2.45, 2.75) is 41.6 Å². The van der Waals surface area contributed by atoms with Crippen LogP contribution in [0.1, 0.15) is 28.9 Å². The maximum atomic E-state index is 14.1. The molecule has 188 valence electrons. The summed E-state index contributed by atoms with van der Waals surface area (Å²) in [5.41, 5.74) is -1.23. The third kappa shape index (κ3) is 4.96. The van der Waals surface area contributed by atoms with E-state index < -0.39 is 51.9 Å². The van der Waals surface area contributed by atoms with Crippen LogP contribution in [0.25, 0.3) is 16.9 Å². The summed E-state index contributed by atoms with van der Waals surface area (Å²) in [7, 11) is 1.02. The lowest BCUT2D eigenvalue weighted by molar-refractivity contribution is -0.292. The van der Waals surface area contributed by atoms with Crippen molar-refractivity contribution in [2.75, 3.05) is 0 Å². The van der Waals surface area contributed by atoms with Crippen LogP contribution in [-0.4, -0.2) is 48.4 Å². The number of aryl methyl sites for hydroxylation is 1. The van der Waals surface area contributed by atoms with Gasteiger partial charge in [0.2, 0.25) is 0 Å². The van der Waals surface area contributed by atoms with E-state index in [1.165, 1.54) is 24.7 Å². The summed E-state index contributed by atoms with van der Waals surface area (Å²) in [5.74, 6) is -9.79. The molecule has 35 heavy (non-hydrogen) atoms. The summed E-state index contributed by atoms with van der Waals surface area (Å²) in [5, 5.41) is 9.79. The normalized spacial score (nSPS) is 14.6. The van der Waals surface area contributed by atoms with E-state index in [9.17, 15) is 35.5 Å². The largest absolute Gasteiger partial charge is 0.459 e. The molecule has 7 nitrogen and oxygen atoms in total. The van der Waals surface area contributed by atoms with Crippen molar-refractivity contribution in [1.82, 2.24) is 29.9 Å². The standard InChI is InChI=1S/C19H14ClF7N6OS/c1-32-16(12(35-17(21)22)13(31-32)18(23,24)19(25,26)27)33-7-9(6-29-33)8-4-11(14(20)28-5-8)15(34)30-10-2-3-10/h4-7,10,17H,2-3H2,1H3,(H,30,34). The van der Waals surface area contributed by atoms with Crippen molar-refractivity contribution in [2.24, 2.45) is 7.05 Å². The van der Waals surface area contributed by atoms with Crippen molar-refractivity contribution >= 4 is 29.3 Å². The summed E-state index contributed by atoms with van der Waals surface area (Å²) >= 11 is 5.51. The minimum atomic E-state index is -6.06. The number of thioether (sulfide) groups is 1. The molecule has 16 heteroatoms. The molecule has 1 N–H and O–H groups in total. The lowest BCUT2D eigenvalue weighted by atomic mass is 10.1. The Morgan fingerprint density at radius 1 is 1.20 bits per heavy atom. The average molecular weight is 543 g/mol. The van der Waals surface area contributed by atoms with E-state index in [4.69, 9.17) is 11.6 Å². The number of nitrogens with one attached hydrogen (secondary N) is 1. The molecule has 0 radical (unpaired) electrons. The fourth-order valence-electron chi connectivity index (χ4n) is 3.13. The van der Waals surface area contributed by atoms with E-state index in [2.05, 4.69) is 20.5 Å². The molecule has 0 saturated heterocycles. The number of amides is 1. The van der Waals surface area contributed by atoms with Crippen molar-refractivity contribution in [3.05, 3.63) is 41.1 Å². The summed E-state index contributed by atoms with van der Waals surface area (Å²) in [6.45, 7) is 0. The molecule has 3 aromatic rings. The van der Waals surface area contributed by atoms with E-state index >= 15 is 0 Å². The van der Waals surface area contributed by atoms with Crippen molar-refractivity contribution in [1.29, 1.82) is 0 Å². The first-order valence-corrected chi connectivity index (χ1v) is 11.0. The number of alkyl halides is 7. The SMILES string of the molecule is Cn1nc(C(F)(F)C(F)(F)F)c(SC(F)F)c1-n1cc(-c2cnc(Cl)c(C(=O)NC3CC3)c2)cn1. The smallest absolute Gasteiger partial charge is 0.349 e. The highest BCUT2D eigenvalue weighted by Gasteiger charge is 2.62. The van der Waals surface area contributed by atoms with Crippen LogP contribution < -0.4 is 5.32 Å². The van der Waals surface area contributed by atoms with Gasteiger partial charge in [0, 0.05) is 36.6 Å². The van der Waals surface area contributed by atoms with Gasteiger partial charge in [-0.2, -0.15) is 40.9 Å². The molecule has 1 saturated carbocycles. The summed E-state index contributed by atoms with van der Waals surface area (Å²) in [6.07, 6.45) is -0.713. The van der Waals surface area contributed by atoms with Gasteiger partial charge in [-0.15, -0.1) is 0 Å². The molecule has 0 spiro atoms. The van der Waals surface area contributed by atoms with E-state index in [0.29, 0.717) is 10.2 Å². The zero-order valence-corrected chi connectivity index (χ0v) is 19.0. The molecular formula is C19H14ClF7N6OS. The zero-order chi connectivity index (χ0) is 25.7. The van der Waals surface area contributed by atoms with E-state index in [-0.39, 0.29) is 22.3 Å². The van der Waals surface area contributed by atoms with Gasteiger partial charge in [-0.3, -0.25) is 4.79 Å². The zero-order valence-electron chi connectivity index (χ0n) is 17.5. The van der Waals surface area contributed by atoms with Crippen LogP contribution in [-0.2, 0) is 13.0 Å². The monoisotopic (exact) mass is 542 g/mol. The fourth-order valence-corrected chi connectivity index (χ4v) is 4.11. The van der Waals surface area contributed by atoms with Crippen LogP contribution in [0.3, 0.4) is 0 Å². The predicted octanol–water partition coefficient (Wildman–Crippen LogP) is 5.18. The number of carbonyl (C=O) groups is 1. The van der Waals surface area contributed by atoms with Gasteiger partial charge in [0.15, 0.2) is 11.5 Å². The average Bonchev–Trinajstić information content (AvgIpc) is 3.32. The number of nitrogens with zero attached hydrogens (tertiary/aromatic N) is 5. The molecule has 1 aliphatic carbocycles. The summed E-state index contributed by atoms with van der Waals surface area (Å²) in [4.78, 5) is 15.3. The van der Waals surface area contributed by atoms with Crippen LogP contribution in [0.15, 0.2) is 29.6 Å². The number of hydrogen-bond donors (Lipinski definition) is 1. The Bertz CT molecular complexity index is 1270. The molecule has 1 amide bonds.